The van der Waals surface area contributed by atoms with Crippen molar-refractivity contribution in [1.29, 1.82) is 0 Å². The Kier molecular flexibility index (Phi) is 18.0. The number of rotatable bonds is 11. The molecule has 3 N–H and O–H groups in total. The fourth-order valence-corrected chi connectivity index (χ4v) is 9.33. The van der Waals surface area contributed by atoms with Crippen LogP contribution in [0.1, 0.15) is 80.2 Å². The van der Waals surface area contributed by atoms with Crippen LogP contribution in [0.2, 0.25) is 0 Å². The van der Waals surface area contributed by atoms with Gasteiger partial charge in [-0.15, -0.1) is 0 Å². The van der Waals surface area contributed by atoms with Crippen molar-refractivity contribution in [3.8, 4) is 0 Å². The number of hydrogen-bond acceptors (Lipinski definition) is 14. The summed E-state index contributed by atoms with van der Waals surface area (Å²) in [5.41, 5.74) is -1.07. The number of aliphatic hydroxyl groups excluding tert-OH is 3. The highest BCUT2D eigenvalue weighted by Gasteiger charge is 2.52. The standard InChI is InChI=1S/C44H76N2O12/c1-26-20-44(8,52-13)40(58-42-37(48)34(45(9)10)19-28(3)54-42)29(4)38(57-35-21-43(7,51-12)39(49)31(6)55-35)30(5)41(50)56-33(23-46(11)22-27(2)36(26)47)25-53-24-32-17-15-14-16-18-32/h14-18,26-31,33-40,42,47-49H,19-25H2,1-13H3/t26-,27-,28-,29+,30-,31+,33+,34+,35+,36+,37-,38+,39+,40-,42+,43-,44?/m1/s1. The summed E-state index contributed by atoms with van der Waals surface area (Å²) >= 11 is 0. The number of hydrogen-bond donors (Lipinski definition) is 3. The first-order valence-corrected chi connectivity index (χ1v) is 21.2. The summed E-state index contributed by atoms with van der Waals surface area (Å²) in [7, 11) is 8.95. The third kappa shape index (κ3) is 12.2. The van der Waals surface area contributed by atoms with Crippen molar-refractivity contribution in [1.82, 2.24) is 9.80 Å². The number of ether oxygens (including phenoxy) is 8. The first kappa shape index (κ1) is 48.9. The third-order valence-corrected chi connectivity index (χ3v) is 13.0. The van der Waals surface area contributed by atoms with Crippen molar-refractivity contribution >= 4 is 5.97 Å². The normalized spacial score (nSPS) is 43.1. The fourth-order valence-electron chi connectivity index (χ4n) is 9.33. The van der Waals surface area contributed by atoms with Gasteiger partial charge in [0.05, 0.1) is 60.9 Å². The van der Waals surface area contributed by atoms with Crippen LogP contribution in [0.15, 0.2) is 30.3 Å². The lowest BCUT2D eigenvalue weighted by Crippen LogP contribution is -2.61. The lowest BCUT2D eigenvalue weighted by molar-refractivity contribution is -0.319. The molecular weight excluding hydrogens is 748 g/mol. The summed E-state index contributed by atoms with van der Waals surface area (Å²) in [6.45, 7) is 16.6. The zero-order chi connectivity index (χ0) is 43.1. The van der Waals surface area contributed by atoms with E-state index in [9.17, 15) is 20.1 Å². The Hall–Kier alpha value is -1.79. The van der Waals surface area contributed by atoms with Gasteiger partial charge in [-0.3, -0.25) is 4.79 Å². The van der Waals surface area contributed by atoms with Crippen LogP contribution in [0.25, 0.3) is 0 Å². The predicted molar refractivity (Wildman–Crippen MR) is 219 cm³/mol. The SMILES string of the molecule is COC1(C)C[C@@H](C)[C@H](O)[C@H](C)CN(C)C[C@@H](COCc2ccccc2)OC(=O)[C@H](C)[C@@H](O[C@H]2C[C@@](C)(OC)[C@@H](O)[C@H](C)O2)[C@H](C)[C@H]1O[C@@H]1O[C@H](C)C[C@H](N(C)C)[C@H]1O. The van der Waals surface area contributed by atoms with E-state index in [0.717, 1.165) is 5.56 Å². The van der Waals surface area contributed by atoms with Crippen molar-refractivity contribution in [3.63, 3.8) is 0 Å². The largest absolute Gasteiger partial charge is 0.458 e. The van der Waals surface area contributed by atoms with E-state index in [1.165, 1.54) is 0 Å². The lowest BCUT2D eigenvalue weighted by atomic mass is 9.75. The summed E-state index contributed by atoms with van der Waals surface area (Å²) < 4.78 is 51.2. The second-order valence-corrected chi connectivity index (χ2v) is 18.3. The first-order chi connectivity index (χ1) is 27.2. The number of carbonyl (C=O) groups excluding carboxylic acids is 1. The Bertz CT molecular complexity index is 1390. The van der Waals surface area contributed by atoms with E-state index in [4.69, 9.17) is 37.9 Å². The van der Waals surface area contributed by atoms with E-state index in [-0.39, 0.29) is 37.0 Å². The predicted octanol–water partition coefficient (Wildman–Crippen LogP) is 3.86. The second-order valence-electron chi connectivity index (χ2n) is 18.3. The van der Waals surface area contributed by atoms with Gasteiger partial charge < -0.3 is 63.0 Å². The Morgan fingerprint density at radius 3 is 2.14 bits per heavy atom. The molecule has 0 aromatic heterocycles. The maximum Gasteiger partial charge on any atom is 0.311 e. The van der Waals surface area contributed by atoms with Crippen LogP contribution >= 0.6 is 0 Å². The topological polar surface area (TPSA) is 158 Å². The lowest BCUT2D eigenvalue weighted by Gasteiger charge is -2.49. The fraction of sp³-hybridized carbons (Fsp3) is 0.841. The monoisotopic (exact) mass is 825 g/mol. The number of methoxy groups -OCH3 is 2. The van der Waals surface area contributed by atoms with E-state index in [1.54, 1.807) is 28.1 Å². The van der Waals surface area contributed by atoms with Crippen LogP contribution < -0.4 is 0 Å². The van der Waals surface area contributed by atoms with Crippen LogP contribution in [0.4, 0.5) is 0 Å². The summed E-state index contributed by atoms with van der Waals surface area (Å²) in [5, 5.41) is 34.6. The molecule has 3 fully saturated rings. The molecule has 0 spiro atoms. The van der Waals surface area contributed by atoms with Crippen molar-refractivity contribution < 1.29 is 58.0 Å². The zero-order valence-corrected chi connectivity index (χ0v) is 37.4. The van der Waals surface area contributed by atoms with Crippen LogP contribution in [-0.4, -0.2) is 165 Å². The van der Waals surface area contributed by atoms with Gasteiger partial charge in [0.2, 0.25) is 0 Å². The van der Waals surface area contributed by atoms with Crippen molar-refractivity contribution in [3.05, 3.63) is 35.9 Å². The van der Waals surface area contributed by atoms with E-state index >= 15 is 0 Å². The molecular formula is C44H76N2O12. The molecule has 0 amide bonds. The molecule has 0 radical (unpaired) electrons. The van der Waals surface area contributed by atoms with Crippen LogP contribution in [-0.2, 0) is 49.3 Å². The van der Waals surface area contributed by atoms with Gasteiger partial charge in [0.15, 0.2) is 12.6 Å². The van der Waals surface area contributed by atoms with Gasteiger partial charge in [-0.2, -0.15) is 0 Å². The molecule has 334 valence electrons. The molecule has 1 unspecified atom stereocenters. The van der Waals surface area contributed by atoms with Gasteiger partial charge in [0.1, 0.15) is 18.3 Å². The third-order valence-electron chi connectivity index (χ3n) is 13.0. The number of likely N-dealkylation sites (N-methyl/N-ethyl adjacent to an activating group) is 2. The Labute approximate surface area is 347 Å². The Balaban J connectivity index is 1.79. The molecule has 17 atom stereocenters. The number of esters is 1. The van der Waals surface area contributed by atoms with Crippen LogP contribution in [0.3, 0.4) is 0 Å². The van der Waals surface area contributed by atoms with Crippen LogP contribution in [0.5, 0.6) is 0 Å². The van der Waals surface area contributed by atoms with Gasteiger partial charge in [0, 0.05) is 45.7 Å². The summed E-state index contributed by atoms with van der Waals surface area (Å²) in [5.74, 6) is -2.41. The second kappa shape index (κ2) is 21.3. The maximum atomic E-state index is 14.5. The van der Waals surface area contributed by atoms with Crippen molar-refractivity contribution in [2.45, 2.75) is 160 Å². The van der Waals surface area contributed by atoms with Gasteiger partial charge in [-0.05, 0) is 86.0 Å². The molecule has 3 aliphatic heterocycles. The summed E-state index contributed by atoms with van der Waals surface area (Å²) in [6, 6.07) is 9.58. The minimum atomic E-state index is -1.08. The highest BCUT2D eigenvalue weighted by molar-refractivity contribution is 5.73. The summed E-state index contributed by atoms with van der Waals surface area (Å²) in [4.78, 5) is 18.6. The molecule has 4 rings (SSSR count). The Morgan fingerprint density at radius 1 is 0.862 bits per heavy atom. The Morgan fingerprint density at radius 2 is 1.52 bits per heavy atom. The van der Waals surface area contributed by atoms with Crippen molar-refractivity contribution in [2.24, 2.45) is 23.7 Å². The van der Waals surface area contributed by atoms with E-state index in [2.05, 4.69) is 4.90 Å². The first-order valence-electron chi connectivity index (χ1n) is 21.2. The average Bonchev–Trinajstić information content (AvgIpc) is 3.17. The smallest absolute Gasteiger partial charge is 0.311 e. The molecule has 14 nitrogen and oxygen atoms in total. The minimum Gasteiger partial charge on any atom is -0.458 e. The summed E-state index contributed by atoms with van der Waals surface area (Å²) in [6.07, 6.45) is -6.66. The number of aliphatic hydroxyl groups is 3. The maximum absolute atomic E-state index is 14.5. The average molecular weight is 825 g/mol. The minimum absolute atomic E-state index is 0.148. The zero-order valence-electron chi connectivity index (χ0n) is 37.4. The van der Waals surface area contributed by atoms with Gasteiger partial charge in [0.25, 0.3) is 0 Å². The molecule has 58 heavy (non-hydrogen) atoms. The molecule has 14 heteroatoms. The van der Waals surface area contributed by atoms with Crippen molar-refractivity contribution in [2.75, 3.05) is 55.1 Å². The highest BCUT2D eigenvalue weighted by Crippen LogP contribution is 2.41. The van der Waals surface area contributed by atoms with Gasteiger partial charge in [-0.25, -0.2) is 0 Å². The number of nitrogens with zero attached hydrogens (tertiary/aromatic N) is 2. The molecule has 0 aliphatic carbocycles. The van der Waals surface area contributed by atoms with Gasteiger partial charge in [-0.1, -0.05) is 51.1 Å². The molecule has 3 saturated heterocycles. The van der Waals surface area contributed by atoms with E-state index in [1.807, 2.05) is 97.9 Å². The molecule has 3 heterocycles. The van der Waals surface area contributed by atoms with E-state index < -0.39 is 84.3 Å². The molecule has 1 aromatic rings. The molecule has 1 aromatic carbocycles. The van der Waals surface area contributed by atoms with Crippen LogP contribution in [0, 0.1) is 23.7 Å². The number of cyclic esters (lactones) is 1. The molecule has 3 aliphatic rings. The number of carbonyl (C=O) groups is 1. The van der Waals surface area contributed by atoms with E-state index in [0.29, 0.717) is 32.5 Å². The van der Waals surface area contributed by atoms with Gasteiger partial charge >= 0.3 is 5.97 Å². The molecule has 0 bridgehead atoms. The highest BCUT2D eigenvalue weighted by atomic mass is 16.7. The quantitative estimate of drug-likeness (QED) is 0.277. The molecule has 0 saturated carbocycles. The number of benzene rings is 1.